The zero-order valence-corrected chi connectivity index (χ0v) is 15.0. The van der Waals surface area contributed by atoms with Crippen molar-refractivity contribution in [1.82, 2.24) is 4.90 Å². The standard InChI is InChI=1S/C10H21N.C9H12O2/c1-4-9-7-5-6-8-10(9)11(2)3;1-3-11-9-7-5-4-6-8(9)10-2/h9-10H,4-8H2,1-3H3;4-7H,3H2,1-2H3. The summed E-state index contributed by atoms with van der Waals surface area (Å²) in [6, 6.07) is 8.48. The van der Waals surface area contributed by atoms with Crippen LogP contribution in [0.1, 0.15) is 46.0 Å². The molecule has 1 aliphatic rings. The second kappa shape index (κ2) is 10.5. The molecule has 2 atom stereocenters. The molecular formula is C19H33NO2. The van der Waals surface area contributed by atoms with Gasteiger partial charge in [-0.3, -0.25) is 0 Å². The number of rotatable bonds is 5. The topological polar surface area (TPSA) is 21.7 Å². The van der Waals surface area contributed by atoms with E-state index in [1.54, 1.807) is 7.11 Å². The van der Waals surface area contributed by atoms with E-state index in [1.165, 1.54) is 32.1 Å². The fourth-order valence-corrected chi connectivity index (χ4v) is 3.24. The maximum atomic E-state index is 5.30. The monoisotopic (exact) mass is 307 g/mol. The summed E-state index contributed by atoms with van der Waals surface area (Å²) in [7, 11) is 6.08. The smallest absolute Gasteiger partial charge is 0.161 e. The Hall–Kier alpha value is -1.22. The first kappa shape index (κ1) is 18.8. The maximum absolute atomic E-state index is 5.30. The number of para-hydroxylation sites is 2. The Labute approximate surface area is 136 Å². The summed E-state index contributed by atoms with van der Waals surface area (Å²) in [5, 5.41) is 0. The van der Waals surface area contributed by atoms with Crippen molar-refractivity contribution in [2.45, 2.75) is 52.0 Å². The zero-order valence-electron chi connectivity index (χ0n) is 15.0. The minimum Gasteiger partial charge on any atom is -0.493 e. The van der Waals surface area contributed by atoms with Gasteiger partial charge in [-0.15, -0.1) is 0 Å². The first-order valence-electron chi connectivity index (χ1n) is 8.56. The van der Waals surface area contributed by atoms with Crippen LogP contribution in [0.3, 0.4) is 0 Å². The molecule has 0 radical (unpaired) electrons. The summed E-state index contributed by atoms with van der Waals surface area (Å²) in [6.07, 6.45) is 7.15. The predicted octanol–water partition coefficient (Wildman–Crippen LogP) is 4.61. The molecule has 3 nitrogen and oxygen atoms in total. The van der Waals surface area contributed by atoms with E-state index >= 15 is 0 Å². The van der Waals surface area contributed by atoms with Crippen LogP contribution in [0.2, 0.25) is 0 Å². The summed E-state index contributed by atoms with van der Waals surface area (Å²) < 4.78 is 10.4. The number of nitrogens with zero attached hydrogens (tertiary/aromatic N) is 1. The lowest BCUT2D eigenvalue weighted by Crippen LogP contribution is -2.37. The Balaban J connectivity index is 0.000000220. The third-order valence-corrected chi connectivity index (χ3v) is 4.43. The normalized spacial score (nSPS) is 21.0. The number of ether oxygens (including phenoxy) is 2. The first-order valence-corrected chi connectivity index (χ1v) is 8.56. The van der Waals surface area contributed by atoms with Gasteiger partial charge in [0.1, 0.15) is 0 Å². The lowest BCUT2D eigenvalue weighted by molar-refractivity contribution is 0.152. The molecule has 22 heavy (non-hydrogen) atoms. The molecule has 0 heterocycles. The van der Waals surface area contributed by atoms with Gasteiger partial charge in [0.25, 0.3) is 0 Å². The summed E-state index contributed by atoms with van der Waals surface area (Å²) in [4.78, 5) is 2.41. The van der Waals surface area contributed by atoms with Crippen LogP contribution in [-0.2, 0) is 0 Å². The van der Waals surface area contributed by atoms with Crippen LogP contribution in [0.15, 0.2) is 24.3 Å². The molecule has 0 aromatic heterocycles. The number of benzene rings is 1. The van der Waals surface area contributed by atoms with Gasteiger partial charge < -0.3 is 14.4 Å². The lowest BCUT2D eigenvalue weighted by Gasteiger charge is -2.35. The molecule has 2 unspecified atom stereocenters. The van der Waals surface area contributed by atoms with Gasteiger partial charge >= 0.3 is 0 Å². The van der Waals surface area contributed by atoms with Crippen molar-refractivity contribution in [2.24, 2.45) is 5.92 Å². The molecule has 0 spiro atoms. The van der Waals surface area contributed by atoms with Crippen LogP contribution < -0.4 is 9.47 Å². The third-order valence-electron chi connectivity index (χ3n) is 4.43. The fourth-order valence-electron chi connectivity index (χ4n) is 3.24. The Kier molecular flexibility index (Phi) is 8.98. The van der Waals surface area contributed by atoms with Gasteiger partial charge in [0.15, 0.2) is 11.5 Å². The highest BCUT2D eigenvalue weighted by Gasteiger charge is 2.24. The van der Waals surface area contributed by atoms with E-state index in [4.69, 9.17) is 9.47 Å². The molecule has 1 aromatic rings. The minimum atomic E-state index is 0.667. The van der Waals surface area contributed by atoms with E-state index in [1.807, 2.05) is 31.2 Å². The molecule has 3 heteroatoms. The van der Waals surface area contributed by atoms with E-state index in [2.05, 4.69) is 25.9 Å². The van der Waals surface area contributed by atoms with Crippen molar-refractivity contribution in [3.8, 4) is 11.5 Å². The second-order valence-corrected chi connectivity index (χ2v) is 6.07. The van der Waals surface area contributed by atoms with E-state index in [0.29, 0.717) is 6.61 Å². The summed E-state index contributed by atoms with van der Waals surface area (Å²) in [6.45, 7) is 4.94. The Morgan fingerprint density at radius 2 is 1.68 bits per heavy atom. The van der Waals surface area contributed by atoms with Crippen molar-refractivity contribution >= 4 is 0 Å². The van der Waals surface area contributed by atoms with Gasteiger partial charge in [-0.05, 0) is 51.9 Å². The van der Waals surface area contributed by atoms with Crippen LogP contribution in [0.5, 0.6) is 11.5 Å². The van der Waals surface area contributed by atoms with Crippen LogP contribution in [0.25, 0.3) is 0 Å². The van der Waals surface area contributed by atoms with Crippen LogP contribution in [-0.4, -0.2) is 38.8 Å². The highest BCUT2D eigenvalue weighted by atomic mass is 16.5. The predicted molar refractivity (Wildman–Crippen MR) is 93.9 cm³/mol. The van der Waals surface area contributed by atoms with E-state index in [9.17, 15) is 0 Å². The van der Waals surface area contributed by atoms with Crippen molar-refractivity contribution in [1.29, 1.82) is 0 Å². The van der Waals surface area contributed by atoms with Crippen molar-refractivity contribution in [2.75, 3.05) is 27.8 Å². The van der Waals surface area contributed by atoms with Crippen molar-refractivity contribution in [3.63, 3.8) is 0 Å². The van der Waals surface area contributed by atoms with E-state index in [-0.39, 0.29) is 0 Å². The summed E-state index contributed by atoms with van der Waals surface area (Å²) in [5.41, 5.74) is 0. The molecule has 0 N–H and O–H groups in total. The highest BCUT2D eigenvalue weighted by Crippen LogP contribution is 2.29. The molecule has 1 fully saturated rings. The van der Waals surface area contributed by atoms with E-state index in [0.717, 1.165) is 23.5 Å². The van der Waals surface area contributed by atoms with E-state index < -0.39 is 0 Å². The molecule has 0 bridgehead atoms. The maximum Gasteiger partial charge on any atom is 0.161 e. The fraction of sp³-hybridized carbons (Fsp3) is 0.684. The molecule has 1 aliphatic carbocycles. The summed E-state index contributed by atoms with van der Waals surface area (Å²) >= 11 is 0. The lowest BCUT2D eigenvalue weighted by atomic mass is 9.82. The molecule has 0 amide bonds. The van der Waals surface area contributed by atoms with Crippen LogP contribution in [0.4, 0.5) is 0 Å². The number of hydrogen-bond acceptors (Lipinski definition) is 3. The molecule has 1 saturated carbocycles. The Morgan fingerprint density at radius 3 is 2.18 bits per heavy atom. The number of methoxy groups -OCH3 is 1. The molecule has 126 valence electrons. The number of hydrogen-bond donors (Lipinski definition) is 0. The van der Waals surface area contributed by atoms with Crippen molar-refractivity contribution in [3.05, 3.63) is 24.3 Å². The van der Waals surface area contributed by atoms with Crippen LogP contribution in [0, 0.1) is 5.92 Å². The van der Waals surface area contributed by atoms with Gasteiger partial charge in [0, 0.05) is 6.04 Å². The average Bonchev–Trinajstić information content (AvgIpc) is 2.56. The van der Waals surface area contributed by atoms with Gasteiger partial charge in [0.2, 0.25) is 0 Å². The second-order valence-electron chi connectivity index (χ2n) is 6.07. The average molecular weight is 307 g/mol. The highest BCUT2D eigenvalue weighted by molar-refractivity contribution is 5.39. The molecule has 0 saturated heterocycles. The molecule has 2 rings (SSSR count). The Bertz CT molecular complexity index is 406. The molecular weight excluding hydrogens is 274 g/mol. The third kappa shape index (κ3) is 5.88. The summed E-state index contributed by atoms with van der Waals surface area (Å²) in [5.74, 6) is 2.56. The molecule has 1 aromatic carbocycles. The van der Waals surface area contributed by atoms with Gasteiger partial charge in [-0.1, -0.05) is 38.3 Å². The van der Waals surface area contributed by atoms with Crippen molar-refractivity contribution < 1.29 is 9.47 Å². The SMILES string of the molecule is CCC1CCCCC1N(C)C.CCOc1ccccc1OC. The zero-order chi connectivity index (χ0) is 16.4. The minimum absolute atomic E-state index is 0.667. The van der Waals surface area contributed by atoms with Gasteiger partial charge in [-0.2, -0.15) is 0 Å². The van der Waals surface area contributed by atoms with Crippen LogP contribution >= 0.6 is 0 Å². The van der Waals surface area contributed by atoms with Gasteiger partial charge in [0.05, 0.1) is 13.7 Å². The molecule has 0 aliphatic heterocycles. The largest absolute Gasteiger partial charge is 0.493 e. The first-order chi connectivity index (χ1) is 10.6. The Morgan fingerprint density at radius 1 is 1.05 bits per heavy atom. The quantitative estimate of drug-likeness (QED) is 0.793. The van der Waals surface area contributed by atoms with Gasteiger partial charge in [-0.25, -0.2) is 0 Å².